The maximum atomic E-state index is 12.5. The molecule has 342 valence electrons. The molecule has 0 spiro atoms. The molecule has 0 saturated carbocycles. The molecule has 4 heteroatoms. The van der Waals surface area contributed by atoms with Crippen molar-refractivity contribution in [2.75, 3.05) is 6.61 Å². The van der Waals surface area contributed by atoms with Crippen molar-refractivity contribution in [3.63, 3.8) is 0 Å². The summed E-state index contributed by atoms with van der Waals surface area (Å²) in [5, 5.41) is 23.3. The molecule has 0 aromatic carbocycles. The van der Waals surface area contributed by atoms with Gasteiger partial charge in [0.25, 0.3) is 0 Å². The Kier molecular flexibility index (Phi) is 49.2. The second-order valence-corrected chi connectivity index (χ2v) is 18.7. The smallest absolute Gasteiger partial charge is 0.220 e. The van der Waals surface area contributed by atoms with Gasteiger partial charge < -0.3 is 15.5 Å². The summed E-state index contributed by atoms with van der Waals surface area (Å²) in [4.78, 5) is 12.5. The summed E-state index contributed by atoms with van der Waals surface area (Å²) < 4.78 is 0. The molecule has 2 atom stereocenters. The molecule has 0 bridgehead atoms. The van der Waals surface area contributed by atoms with Gasteiger partial charge >= 0.3 is 0 Å². The lowest BCUT2D eigenvalue weighted by atomic mass is 10.0. The van der Waals surface area contributed by atoms with Crippen LogP contribution in [0.3, 0.4) is 0 Å². The molecular weight excluding hydrogens is 699 g/mol. The molecule has 4 nitrogen and oxygen atoms in total. The third kappa shape index (κ3) is 46.3. The Balaban J connectivity index is 3.37. The quantitative estimate of drug-likeness (QED) is 0.0536. The van der Waals surface area contributed by atoms with Gasteiger partial charge in [-0.2, -0.15) is 0 Å². The van der Waals surface area contributed by atoms with Crippen LogP contribution in [-0.2, 0) is 4.79 Å². The number of unbranched alkanes of at least 4 members (excludes halogenated alkanes) is 43. The first kappa shape index (κ1) is 56.4. The van der Waals surface area contributed by atoms with E-state index >= 15 is 0 Å². The van der Waals surface area contributed by atoms with Crippen molar-refractivity contribution in [1.82, 2.24) is 5.32 Å². The number of nitrogens with one attached hydrogen (secondary N) is 1. The molecular formula is C53H107NO3. The Morgan fingerprint density at radius 3 is 0.789 bits per heavy atom. The first-order valence-corrected chi connectivity index (χ1v) is 26.7. The maximum Gasteiger partial charge on any atom is 0.220 e. The van der Waals surface area contributed by atoms with E-state index in [2.05, 4.69) is 19.2 Å². The van der Waals surface area contributed by atoms with Crippen LogP contribution in [0.2, 0.25) is 0 Å². The van der Waals surface area contributed by atoms with Crippen molar-refractivity contribution < 1.29 is 15.0 Å². The van der Waals surface area contributed by atoms with E-state index in [0.29, 0.717) is 12.8 Å². The molecule has 0 fully saturated rings. The van der Waals surface area contributed by atoms with Crippen molar-refractivity contribution in [3.05, 3.63) is 0 Å². The van der Waals surface area contributed by atoms with E-state index in [1.807, 2.05) is 0 Å². The fraction of sp³-hybridized carbons (Fsp3) is 0.981. The molecule has 0 aromatic rings. The van der Waals surface area contributed by atoms with Crippen LogP contribution in [0.1, 0.15) is 316 Å². The van der Waals surface area contributed by atoms with Crippen LogP contribution in [0.5, 0.6) is 0 Å². The highest BCUT2D eigenvalue weighted by molar-refractivity contribution is 5.76. The van der Waals surface area contributed by atoms with Gasteiger partial charge in [0.2, 0.25) is 5.91 Å². The highest BCUT2D eigenvalue weighted by atomic mass is 16.3. The van der Waals surface area contributed by atoms with Gasteiger partial charge in [-0.3, -0.25) is 4.79 Å². The van der Waals surface area contributed by atoms with E-state index in [1.54, 1.807) is 0 Å². The summed E-state index contributed by atoms with van der Waals surface area (Å²) in [5.41, 5.74) is 0. The first-order chi connectivity index (χ1) is 28.2. The molecule has 0 aliphatic heterocycles. The van der Waals surface area contributed by atoms with Crippen LogP contribution in [0.25, 0.3) is 0 Å². The number of carbonyl (C=O) groups excluding carboxylic acids is 1. The zero-order chi connectivity index (χ0) is 41.4. The van der Waals surface area contributed by atoms with Gasteiger partial charge in [0.05, 0.1) is 18.8 Å². The van der Waals surface area contributed by atoms with Gasteiger partial charge in [-0.1, -0.05) is 296 Å². The normalized spacial score (nSPS) is 12.7. The van der Waals surface area contributed by atoms with Crippen LogP contribution < -0.4 is 5.32 Å². The maximum absolute atomic E-state index is 12.5. The largest absolute Gasteiger partial charge is 0.394 e. The number of amides is 1. The van der Waals surface area contributed by atoms with E-state index in [1.165, 1.54) is 263 Å². The van der Waals surface area contributed by atoms with E-state index in [-0.39, 0.29) is 12.5 Å². The van der Waals surface area contributed by atoms with Crippen LogP contribution in [0, 0.1) is 0 Å². The van der Waals surface area contributed by atoms with Crippen molar-refractivity contribution in [1.29, 1.82) is 0 Å². The van der Waals surface area contributed by atoms with Crippen molar-refractivity contribution in [2.45, 2.75) is 328 Å². The Labute approximate surface area is 359 Å². The summed E-state index contributed by atoms with van der Waals surface area (Å²) in [6, 6.07) is -0.530. The summed E-state index contributed by atoms with van der Waals surface area (Å²) in [6.45, 7) is 4.39. The number of hydrogen-bond acceptors (Lipinski definition) is 3. The van der Waals surface area contributed by atoms with E-state index in [4.69, 9.17) is 0 Å². The van der Waals surface area contributed by atoms with Crippen LogP contribution in [-0.4, -0.2) is 34.9 Å². The first-order valence-electron chi connectivity index (χ1n) is 26.7. The van der Waals surface area contributed by atoms with Gasteiger partial charge in [-0.05, 0) is 12.8 Å². The van der Waals surface area contributed by atoms with Gasteiger partial charge in [0.1, 0.15) is 0 Å². The van der Waals surface area contributed by atoms with E-state index in [9.17, 15) is 15.0 Å². The second kappa shape index (κ2) is 49.8. The van der Waals surface area contributed by atoms with Crippen LogP contribution >= 0.6 is 0 Å². The lowest BCUT2D eigenvalue weighted by Gasteiger charge is -2.22. The third-order valence-electron chi connectivity index (χ3n) is 12.9. The molecule has 3 N–H and O–H groups in total. The molecule has 0 aromatic heterocycles. The number of aliphatic hydroxyl groups is 2. The van der Waals surface area contributed by atoms with Gasteiger partial charge in [-0.25, -0.2) is 0 Å². The molecule has 2 unspecified atom stereocenters. The van der Waals surface area contributed by atoms with E-state index in [0.717, 1.165) is 25.7 Å². The number of hydrogen-bond donors (Lipinski definition) is 3. The molecule has 0 aliphatic carbocycles. The van der Waals surface area contributed by atoms with Crippen molar-refractivity contribution in [2.24, 2.45) is 0 Å². The molecule has 0 radical (unpaired) electrons. The molecule has 0 rings (SSSR count). The minimum Gasteiger partial charge on any atom is -0.394 e. The SMILES string of the molecule is CCCCCCCCCCCCCCCCCCCCCCCCCCCCCCCCC(=O)NC(CO)C(O)CCCCCCCCCCCCCCCCC. The zero-order valence-corrected chi connectivity index (χ0v) is 39.4. The Morgan fingerprint density at radius 2 is 0.561 bits per heavy atom. The molecule has 0 aliphatic rings. The van der Waals surface area contributed by atoms with Crippen LogP contribution in [0.4, 0.5) is 0 Å². The lowest BCUT2D eigenvalue weighted by molar-refractivity contribution is -0.123. The highest BCUT2D eigenvalue weighted by Gasteiger charge is 2.20. The molecule has 0 saturated heterocycles. The third-order valence-corrected chi connectivity index (χ3v) is 12.9. The average molecular weight is 806 g/mol. The molecule has 57 heavy (non-hydrogen) atoms. The summed E-state index contributed by atoms with van der Waals surface area (Å²) in [7, 11) is 0. The van der Waals surface area contributed by atoms with Gasteiger partial charge in [0, 0.05) is 6.42 Å². The second-order valence-electron chi connectivity index (χ2n) is 18.7. The van der Waals surface area contributed by atoms with Crippen LogP contribution in [0.15, 0.2) is 0 Å². The molecule has 0 heterocycles. The summed E-state index contributed by atoms with van der Waals surface area (Å²) >= 11 is 0. The minimum atomic E-state index is -0.653. The van der Waals surface area contributed by atoms with Crippen molar-refractivity contribution in [3.8, 4) is 0 Å². The minimum absolute atomic E-state index is 0.0233. The monoisotopic (exact) mass is 806 g/mol. The van der Waals surface area contributed by atoms with Gasteiger partial charge in [-0.15, -0.1) is 0 Å². The summed E-state index contributed by atoms with van der Waals surface area (Å²) in [5.74, 6) is -0.0233. The number of aliphatic hydroxyl groups excluding tert-OH is 2. The Bertz CT molecular complexity index is 744. The standard InChI is InChI=1S/C53H107NO3/c1-3-5-7-9-11-13-15-17-19-20-21-22-23-24-25-26-27-28-29-30-31-32-33-35-37-39-41-43-45-47-49-53(57)54-51(50-55)52(56)48-46-44-42-40-38-36-34-18-16-14-12-10-8-6-4-2/h51-52,55-56H,3-50H2,1-2H3,(H,54,57). The average Bonchev–Trinajstić information content (AvgIpc) is 3.22. The lowest BCUT2D eigenvalue weighted by Crippen LogP contribution is -2.45. The topological polar surface area (TPSA) is 69.6 Å². The molecule has 1 amide bonds. The predicted molar refractivity (Wildman–Crippen MR) is 253 cm³/mol. The van der Waals surface area contributed by atoms with Gasteiger partial charge in [0.15, 0.2) is 0 Å². The Hall–Kier alpha value is -0.610. The van der Waals surface area contributed by atoms with E-state index < -0.39 is 12.1 Å². The number of rotatable bonds is 50. The fourth-order valence-corrected chi connectivity index (χ4v) is 8.78. The zero-order valence-electron chi connectivity index (χ0n) is 39.4. The number of carbonyl (C=O) groups is 1. The van der Waals surface area contributed by atoms with Crippen molar-refractivity contribution >= 4 is 5.91 Å². The Morgan fingerprint density at radius 1 is 0.351 bits per heavy atom. The highest BCUT2D eigenvalue weighted by Crippen LogP contribution is 2.18. The summed E-state index contributed by atoms with van der Waals surface area (Å²) in [6.07, 6.45) is 62.3. The fourth-order valence-electron chi connectivity index (χ4n) is 8.78. The predicted octanol–water partition coefficient (Wildman–Crippen LogP) is 17.2.